The van der Waals surface area contributed by atoms with Crippen molar-refractivity contribution in [3.8, 4) is 5.75 Å². The van der Waals surface area contributed by atoms with Crippen LogP contribution < -0.4 is 15.4 Å². The number of rotatable bonds is 10. The Morgan fingerprint density at radius 3 is 2.33 bits per heavy atom. The molecule has 0 aromatic heterocycles. The molecular formula is C34H47ClFN5O7. The van der Waals surface area contributed by atoms with Crippen molar-refractivity contribution < 1.29 is 37.8 Å². The van der Waals surface area contributed by atoms with Crippen molar-refractivity contribution in [3.05, 3.63) is 59.4 Å². The van der Waals surface area contributed by atoms with Gasteiger partial charge in [0.05, 0.1) is 17.7 Å². The van der Waals surface area contributed by atoms with E-state index in [1.807, 2.05) is 20.8 Å². The summed E-state index contributed by atoms with van der Waals surface area (Å²) in [5.74, 6) is -0.819. The number of carbonyl (C=O) groups excluding carboxylic acids is 4. The van der Waals surface area contributed by atoms with E-state index in [2.05, 4.69) is 15.5 Å². The summed E-state index contributed by atoms with van der Waals surface area (Å²) in [4.78, 5) is 57.8. The molecule has 1 aliphatic rings. The van der Waals surface area contributed by atoms with E-state index < -0.39 is 47.7 Å². The second kappa shape index (κ2) is 16.8. The molecule has 4 amide bonds. The summed E-state index contributed by atoms with van der Waals surface area (Å²) in [5, 5.41) is 5.48. The zero-order valence-corrected chi connectivity index (χ0v) is 29.4. The fourth-order valence-electron chi connectivity index (χ4n) is 5.09. The standard InChI is InChI=1S/C34H47ClFN5O7/c1-8-40(30(43)38-23-14-15-26(35)27(36)20-23)24(16-19-46-32(45)47-25-12-10-9-11-13-25)21-37-29(42)28-22-39(33(2,3)4)17-18-41(28)31(44)48-34(5,6)7/h9-15,20,24,28H,8,16-19,21-22H2,1-7H3,(H,37,42)(H,38,43). The fourth-order valence-corrected chi connectivity index (χ4v) is 5.21. The van der Waals surface area contributed by atoms with Gasteiger partial charge in [-0.1, -0.05) is 29.8 Å². The predicted molar refractivity (Wildman–Crippen MR) is 181 cm³/mol. The quantitative estimate of drug-likeness (QED) is 0.225. The number of anilines is 1. The zero-order chi connectivity index (χ0) is 35.6. The van der Waals surface area contributed by atoms with E-state index in [4.69, 9.17) is 25.8 Å². The molecule has 0 spiro atoms. The first-order valence-electron chi connectivity index (χ1n) is 15.9. The molecule has 0 aliphatic carbocycles. The Morgan fingerprint density at radius 2 is 1.73 bits per heavy atom. The third-order valence-electron chi connectivity index (χ3n) is 7.60. The Labute approximate surface area is 286 Å². The number of urea groups is 1. The van der Waals surface area contributed by atoms with Crippen LogP contribution in [0.15, 0.2) is 48.5 Å². The first-order valence-corrected chi connectivity index (χ1v) is 16.3. The molecular weight excluding hydrogens is 645 g/mol. The smallest absolute Gasteiger partial charge is 0.444 e. The molecule has 0 saturated carbocycles. The minimum Gasteiger partial charge on any atom is -0.444 e. The Bertz CT molecular complexity index is 1420. The van der Waals surface area contributed by atoms with Gasteiger partial charge in [-0.2, -0.15) is 0 Å². The monoisotopic (exact) mass is 691 g/mol. The Balaban J connectivity index is 1.78. The van der Waals surface area contributed by atoms with E-state index >= 15 is 0 Å². The first kappa shape index (κ1) is 38.3. The number of likely N-dealkylation sites (N-methyl/N-ethyl adjacent to an activating group) is 1. The van der Waals surface area contributed by atoms with Gasteiger partial charge in [0.25, 0.3) is 0 Å². The van der Waals surface area contributed by atoms with Crippen LogP contribution in [0.4, 0.5) is 24.5 Å². The van der Waals surface area contributed by atoms with Gasteiger partial charge in [-0.3, -0.25) is 14.6 Å². The van der Waals surface area contributed by atoms with E-state index in [1.165, 1.54) is 21.9 Å². The number of ether oxygens (including phenoxy) is 3. The molecule has 2 atom stereocenters. The van der Waals surface area contributed by atoms with Crippen LogP contribution in [-0.2, 0) is 14.3 Å². The average Bonchev–Trinajstić information content (AvgIpc) is 3.00. The molecule has 0 radical (unpaired) electrons. The molecule has 2 aromatic carbocycles. The van der Waals surface area contributed by atoms with Crippen molar-refractivity contribution >= 4 is 41.5 Å². The van der Waals surface area contributed by atoms with Gasteiger partial charge in [-0.05, 0) is 78.8 Å². The molecule has 2 N–H and O–H groups in total. The molecule has 1 aliphatic heterocycles. The lowest BCUT2D eigenvalue weighted by atomic mass is 10.0. The second-order valence-electron chi connectivity index (χ2n) is 13.4. The highest BCUT2D eigenvalue weighted by molar-refractivity contribution is 6.30. The van der Waals surface area contributed by atoms with Crippen LogP contribution in [0.25, 0.3) is 0 Å². The number of benzene rings is 2. The van der Waals surface area contributed by atoms with E-state index in [0.29, 0.717) is 12.3 Å². The third-order valence-corrected chi connectivity index (χ3v) is 7.91. The van der Waals surface area contributed by atoms with Gasteiger partial charge >= 0.3 is 18.3 Å². The van der Waals surface area contributed by atoms with Gasteiger partial charge in [0.2, 0.25) is 5.91 Å². The molecule has 2 aromatic rings. The van der Waals surface area contributed by atoms with Crippen LogP contribution in [0.5, 0.6) is 5.75 Å². The molecule has 0 bridgehead atoms. The second-order valence-corrected chi connectivity index (χ2v) is 13.8. The third kappa shape index (κ3) is 11.6. The van der Waals surface area contributed by atoms with Crippen molar-refractivity contribution in [1.29, 1.82) is 0 Å². The highest BCUT2D eigenvalue weighted by Gasteiger charge is 2.40. The van der Waals surface area contributed by atoms with Crippen LogP contribution in [0, 0.1) is 5.82 Å². The van der Waals surface area contributed by atoms with Crippen molar-refractivity contribution in [2.24, 2.45) is 0 Å². The number of halogens is 2. The van der Waals surface area contributed by atoms with E-state index in [-0.39, 0.29) is 55.5 Å². The summed E-state index contributed by atoms with van der Waals surface area (Å²) < 4.78 is 30.2. The molecule has 14 heteroatoms. The SMILES string of the molecule is CCN(C(=O)Nc1ccc(Cl)c(F)c1)C(CCOC(=O)Oc1ccccc1)CNC(=O)C1CN(C(C)(C)C)CCN1C(=O)OC(C)(C)C. The minimum atomic E-state index is -0.925. The first-order chi connectivity index (χ1) is 22.5. The van der Waals surface area contributed by atoms with Crippen molar-refractivity contribution in [2.75, 3.05) is 44.6 Å². The highest BCUT2D eigenvalue weighted by Crippen LogP contribution is 2.23. The lowest BCUT2D eigenvalue weighted by Gasteiger charge is -2.46. The van der Waals surface area contributed by atoms with Gasteiger partial charge in [0.15, 0.2) is 0 Å². The van der Waals surface area contributed by atoms with Gasteiger partial charge in [-0.15, -0.1) is 0 Å². The van der Waals surface area contributed by atoms with Crippen LogP contribution in [-0.4, -0.2) is 101 Å². The summed E-state index contributed by atoms with van der Waals surface area (Å²) in [5.41, 5.74) is -0.831. The molecule has 1 heterocycles. The maximum Gasteiger partial charge on any atom is 0.513 e. The van der Waals surface area contributed by atoms with E-state index in [1.54, 1.807) is 58.0 Å². The summed E-state index contributed by atoms with van der Waals surface area (Å²) in [6.45, 7) is 14.3. The van der Waals surface area contributed by atoms with Gasteiger partial charge in [-0.25, -0.2) is 18.8 Å². The average molecular weight is 692 g/mol. The number of hydrogen-bond acceptors (Lipinski definition) is 8. The minimum absolute atomic E-state index is 0.0413. The molecule has 1 saturated heterocycles. The summed E-state index contributed by atoms with van der Waals surface area (Å²) in [6, 6.07) is 10.2. The number of carbonyl (C=O) groups is 4. The maximum atomic E-state index is 14.1. The lowest BCUT2D eigenvalue weighted by Crippen LogP contribution is -2.64. The van der Waals surface area contributed by atoms with Gasteiger partial charge in [0, 0.05) is 50.4 Å². The maximum absolute atomic E-state index is 14.1. The van der Waals surface area contributed by atoms with Crippen molar-refractivity contribution in [3.63, 3.8) is 0 Å². The number of amides is 4. The normalized spacial score (nSPS) is 16.0. The molecule has 2 unspecified atom stereocenters. The Kier molecular flexibility index (Phi) is 13.4. The van der Waals surface area contributed by atoms with Gasteiger partial charge < -0.3 is 29.7 Å². The molecule has 1 fully saturated rings. The summed E-state index contributed by atoms with van der Waals surface area (Å²) in [6.07, 6.45) is -1.40. The number of para-hydroxylation sites is 1. The topological polar surface area (TPSA) is 130 Å². The number of nitrogens with one attached hydrogen (secondary N) is 2. The van der Waals surface area contributed by atoms with Crippen molar-refractivity contribution in [2.45, 2.75) is 78.1 Å². The van der Waals surface area contributed by atoms with E-state index in [0.717, 1.165) is 6.07 Å². The fraction of sp³-hybridized carbons (Fsp3) is 0.529. The molecule has 264 valence electrons. The highest BCUT2D eigenvalue weighted by atomic mass is 35.5. The van der Waals surface area contributed by atoms with E-state index in [9.17, 15) is 23.6 Å². The lowest BCUT2D eigenvalue weighted by molar-refractivity contribution is -0.130. The Hall–Kier alpha value is -4.10. The van der Waals surface area contributed by atoms with Crippen LogP contribution in [0.2, 0.25) is 5.02 Å². The van der Waals surface area contributed by atoms with Crippen LogP contribution in [0.3, 0.4) is 0 Å². The number of nitrogens with zero attached hydrogens (tertiary/aromatic N) is 3. The molecule has 48 heavy (non-hydrogen) atoms. The Morgan fingerprint density at radius 1 is 1.04 bits per heavy atom. The zero-order valence-electron chi connectivity index (χ0n) is 28.7. The molecule has 3 rings (SSSR count). The number of piperazine rings is 1. The number of hydrogen-bond donors (Lipinski definition) is 2. The van der Waals surface area contributed by atoms with Gasteiger partial charge in [0.1, 0.15) is 23.2 Å². The summed E-state index contributed by atoms with van der Waals surface area (Å²) >= 11 is 5.80. The van der Waals surface area contributed by atoms with Crippen molar-refractivity contribution in [1.82, 2.24) is 20.0 Å². The van der Waals surface area contributed by atoms with Crippen LogP contribution in [0.1, 0.15) is 54.9 Å². The van der Waals surface area contributed by atoms with Crippen LogP contribution >= 0.6 is 11.6 Å². The largest absolute Gasteiger partial charge is 0.513 e. The molecule has 12 nitrogen and oxygen atoms in total. The summed E-state index contributed by atoms with van der Waals surface area (Å²) in [7, 11) is 0. The predicted octanol–water partition coefficient (Wildman–Crippen LogP) is 6.14.